The summed E-state index contributed by atoms with van der Waals surface area (Å²) in [6.07, 6.45) is 4.44. The molecule has 0 bridgehead atoms. The number of rotatable bonds is 1. The molecule has 1 saturated carbocycles. The van der Waals surface area contributed by atoms with E-state index < -0.39 is 0 Å². The van der Waals surface area contributed by atoms with Gasteiger partial charge in [-0.05, 0) is 18.4 Å². The second kappa shape index (κ2) is 2.58. The van der Waals surface area contributed by atoms with Crippen LogP contribution in [0.3, 0.4) is 0 Å². The van der Waals surface area contributed by atoms with Crippen molar-refractivity contribution in [3.8, 4) is 0 Å². The normalized spacial score (nSPS) is 20.5. The van der Waals surface area contributed by atoms with E-state index >= 15 is 0 Å². The van der Waals surface area contributed by atoms with E-state index in [2.05, 4.69) is 10.0 Å². The predicted octanol–water partition coefficient (Wildman–Crippen LogP) is 2.40. The monoisotopic (exact) mass is 110 g/mol. The van der Waals surface area contributed by atoms with Gasteiger partial charge in [-0.1, -0.05) is 18.0 Å². The second-order valence-corrected chi connectivity index (χ2v) is 1.96. The average molecular weight is 110 g/mol. The van der Waals surface area contributed by atoms with E-state index in [1.807, 2.05) is 0 Å². The number of azide groups is 1. The molecule has 3 heteroatoms. The highest BCUT2D eigenvalue weighted by molar-refractivity contribution is 4.91. The average Bonchev–Trinajstić information content (AvgIpc) is 2.19. The van der Waals surface area contributed by atoms with E-state index in [0.29, 0.717) is 0 Å². The Labute approximate surface area is 48.3 Å². The van der Waals surface area contributed by atoms with Gasteiger partial charge in [-0.2, -0.15) is 0 Å². The number of hydrogen-bond donors (Lipinski definition) is 0. The molecule has 1 aliphatic carbocycles. The molecule has 1 rings (SSSR count). The lowest BCUT2D eigenvalue weighted by atomic mass is 10.3. The molecular weight excluding hydrogens is 102 g/mol. The molecule has 0 saturated heterocycles. The summed E-state index contributed by atoms with van der Waals surface area (Å²) in [6, 6.07) is 1.03. The highest BCUT2D eigenvalue weighted by atomic mass is 15.1. The molecule has 0 aromatic heterocycles. The largest absolute Gasteiger partial charge is 0.0866 e. The van der Waals surface area contributed by atoms with Crippen molar-refractivity contribution in [2.75, 3.05) is 0 Å². The Morgan fingerprint density at radius 2 is 2.00 bits per heavy atom. The lowest BCUT2D eigenvalue weighted by Gasteiger charge is -1.91. The van der Waals surface area contributed by atoms with Crippen molar-refractivity contribution in [3.63, 3.8) is 0 Å². The second-order valence-electron chi connectivity index (χ2n) is 1.96. The van der Waals surface area contributed by atoms with Crippen LogP contribution in [0, 0.1) is 6.04 Å². The van der Waals surface area contributed by atoms with Gasteiger partial charge in [-0.3, -0.25) is 0 Å². The van der Waals surface area contributed by atoms with Crippen molar-refractivity contribution in [3.05, 3.63) is 16.5 Å². The van der Waals surface area contributed by atoms with Crippen LogP contribution in [0.25, 0.3) is 10.4 Å². The summed E-state index contributed by atoms with van der Waals surface area (Å²) in [7, 11) is 0. The van der Waals surface area contributed by atoms with Crippen LogP contribution < -0.4 is 0 Å². The minimum atomic E-state index is 1.02. The lowest BCUT2D eigenvalue weighted by Crippen LogP contribution is -1.78. The summed E-state index contributed by atoms with van der Waals surface area (Å²) in [5.41, 5.74) is 7.96. The summed E-state index contributed by atoms with van der Waals surface area (Å²) < 4.78 is 0. The Morgan fingerprint density at radius 3 is 2.50 bits per heavy atom. The zero-order valence-corrected chi connectivity index (χ0v) is 4.67. The molecule has 43 valence electrons. The first-order valence-electron chi connectivity index (χ1n) is 2.83. The van der Waals surface area contributed by atoms with Gasteiger partial charge >= 0.3 is 0 Å². The van der Waals surface area contributed by atoms with Crippen molar-refractivity contribution in [2.24, 2.45) is 5.11 Å². The Morgan fingerprint density at radius 1 is 1.38 bits per heavy atom. The van der Waals surface area contributed by atoms with Gasteiger partial charge < -0.3 is 0 Å². The fourth-order valence-electron chi connectivity index (χ4n) is 0.946. The lowest BCUT2D eigenvalue weighted by molar-refractivity contribution is 0.881. The minimum Gasteiger partial charge on any atom is -0.0866 e. The first kappa shape index (κ1) is 5.45. The van der Waals surface area contributed by atoms with Gasteiger partial charge in [0.1, 0.15) is 0 Å². The molecule has 8 heavy (non-hydrogen) atoms. The number of hydrogen-bond acceptors (Lipinski definition) is 1. The van der Waals surface area contributed by atoms with E-state index in [9.17, 15) is 0 Å². The van der Waals surface area contributed by atoms with Crippen molar-refractivity contribution in [2.45, 2.75) is 25.7 Å². The van der Waals surface area contributed by atoms with E-state index in [1.54, 1.807) is 0 Å². The van der Waals surface area contributed by atoms with Gasteiger partial charge in [0.15, 0.2) is 0 Å². The van der Waals surface area contributed by atoms with Crippen LogP contribution in [-0.4, -0.2) is 0 Å². The zero-order chi connectivity index (χ0) is 5.82. The van der Waals surface area contributed by atoms with Crippen LogP contribution in [0.1, 0.15) is 25.7 Å². The molecule has 3 nitrogen and oxygen atoms in total. The van der Waals surface area contributed by atoms with Crippen molar-refractivity contribution >= 4 is 0 Å². The summed E-state index contributed by atoms with van der Waals surface area (Å²) in [4.78, 5) is 2.71. The molecule has 0 amide bonds. The molecule has 0 aliphatic heterocycles. The van der Waals surface area contributed by atoms with Crippen molar-refractivity contribution in [1.82, 2.24) is 0 Å². The van der Waals surface area contributed by atoms with Crippen LogP contribution in [0.15, 0.2) is 5.11 Å². The van der Waals surface area contributed by atoms with Crippen molar-refractivity contribution in [1.29, 1.82) is 0 Å². The van der Waals surface area contributed by atoms with Gasteiger partial charge in [-0.25, -0.2) is 0 Å². The zero-order valence-electron chi connectivity index (χ0n) is 4.67. The highest BCUT2D eigenvalue weighted by Gasteiger charge is 2.12. The van der Waals surface area contributed by atoms with E-state index in [1.165, 1.54) is 12.8 Å². The molecule has 0 atom stereocenters. The van der Waals surface area contributed by atoms with E-state index in [-0.39, 0.29) is 0 Å². The summed E-state index contributed by atoms with van der Waals surface area (Å²) >= 11 is 0. The first-order valence-corrected chi connectivity index (χ1v) is 2.83. The van der Waals surface area contributed by atoms with Gasteiger partial charge in [0.2, 0.25) is 0 Å². The maximum absolute atomic E-state index is 7.96. The van der Waals surface area contributed by atoms with Gasteiger partial charge in [0.25, 0.3) is 0 Å². The quantitative estimate of drug-likeness (QED) is 0.283. The predicted molar refractivity (Wildman–Crippen MR) is 30.9 cm³/mol. The number of nitrogens with zero attached hydrogens (tertiary/aromatic N) is 3. The molecular formula is C5H8N3. The van der Waals surface area contributed by atoms with Crippen LogP contribution in [-0.2, 0) is 0 Å². The fraction of sp³-hybridized carbons (Fsp3) is 0.800. The Kier molecular flexibility index (Phi) is 1.75. The third-order valence-electron chi connectivity index (χ3n) is 1.37. The summed E-state index contributed by atoms with van der Waals surface area (Å²) in [6.45, 7) is 0. The fourth-order valence-corrected chi connectivity index (χ4v) is 0.946. The molecule has 1 fully saturated rings. The minimum absolute atomic E-state index is 1.02. The van der Waals surface area contributed by atoms with Crippen LogP contribution in [0.2, 0.25) is 0 Å². The molecule has 0 heterocycles. The Bertz CT molecular complexity index is 109. The molecule has 1 aliphatic rings. The molecule has 0 aromatic rings. The highest BCUT2D eigenvalue weighted by Crippen LogP contribution is 2.27. The Balaban J connectivity index is 2.35. The van der Waals surface area contributed by atoms with Gasteiger partial charge in [0.05, 0.1) is 6.04 Å². The Hall–Kier alpha value is -0.690. The first-order chi connectivity index (χ1) is 3.93. The van der Waals surface area contributed by atoms with Gasteiger partial charge in [0, 0.05) is 4.91 Å². The molecule has 0 aromatic carbocycles. The topological polar surface area (TPSA) is 48.8 Å². The van der Waals surface area contributed by atoms with Crippen molar-refractivity contribution < 1.29 is 0 Å². The van der Waals surface area contributed by atoms with Crippen LogP contribution in [0.4, 0.5) is 0 Å². The maximum Gasteiger partial charge on any atom is 0.0600 e. The third-order valence-corrected chi connectivity index (χ3v) is 1.37. The standard InChI is InChI=1S/C5H8N3/c6-8-7-5-3-1-2-4-5/h1-4H2. The van der Waals surface area contributed by atoms with Gasteiger partial charge in [-0.15, -0.1) is 0 Å². The summed E-state index contributed by atoms with van der Waals surface area (Å²) in [5.74, 6) is 0. The third kappa shape index (κ3) is 1.14. The molecule has 0 spiro atoms. The molecule has 0 unspecified atom stereocenters. The van der Waals surface area contributed by atoms with Crippen LogP contribution >= 0.6 is 0 Å². The maximum atomic E-state index is 7.96. The van der Waals surface area contributed by atoms with E-state index in [4.69, 9.17) is 5.53 Å². The SMILES string of the molecule is [N-]=[N+]=N[C]1CCCC1. The smallest absolute Gasteiger partial charge is 0.0600 e. The molecule has 0 N–H and O–H groups in total. The van der Waals surface area contributed by atoms with Crippen LogP contribution in [0.5, 0.6) is 0 Å². The summed E-state index contributed by atoms with van der Waals surface area (Å²) in [5, 5.41) is 3.52. The van der Waals surface area contributed by atoms with E-state index in [0.717, 1.165) is 18.9 Å². The molecule has 1 radical (unpaired) electrons.